The molecule has 0 aliphatic heterocycles. The van der Waals surface area contributed by atoms with E-state index in [1.54, 1.807) is 6.07 Å². The Bertz CT molecular complexity index is 539. The molecule has 2 bridgehead atoms. The number of nitrogens with one attached hydrogen (secondary N) is 1. The SMILES string of the molecule is FC(F)(F)c1cccc(NC2CC3CC2C2CCCC32)c1. The van der Waals surface area contributed by atoms with Gasteiger partial charge in [0, 0.05) is 11.7 Å². The summed E-state index contributed by atoms with van der Waals surface area (Å²) in [6.07, 6.45) is 2.21. The van der Waals surface area contributed by atoms with Crippen LogP contribution >= 0.6 is 0 Å². The lowest BCUT2D eigenvalue weighted by Crippen LogP contribution is -2.33. The lowest BCUT2D eigenvalue weighted by molar-refractivity contribution is -0.137. The maximum absolute atomic E-state index is 12.8. The van der Waals surface area contributed by atoms with Gasteiger partial charge in [-0.15, -0.1) is 0 Å². The summed E-state index contributed by atoms with van der Waals surface area (Å²) >= 11 is 0. The van der Waals surface area contributed by atoms with Crippen molar-refractivity contribution < 1.29 is 13.2 Å². The Morgan fingerprint density at radius 2 is 1.81 bits per heavy atom. The molecule has 3 fully saturated rings. The Balaban J connectivity index is 1.50. The van der Waals surface area contributed by atoms with Gasteiger partial charge in [-0.1, -0.05) is 12.5 Å². The topological polar surface area (TPSA) is 12.0 Å². The number of anilines is 1. The third-order valence-corrected chi connectivity index (χ3v) is 5.97. The van der Waals surface area contributed by atoms with Crippen LogP contribution < -0.4 is 5.32 Å². The maximum atomic E-state index is 12.8. The molecule has 3 aliphatic rings. The average molecular weight is 295 g/mol. The quantitative estimate of drug-likeness (QED) is 0.814. The molecule has 5 unspecified atom stereocenters. The van der Waals surface area contributed by atoms with Gasteiger partial charge in [-0.05, 0) is 67.6 Å². The molecular weight excluding hydrogens is 275 g/mol. The van der Waals surface area contributed by atoms with Gasteiger partial charge in [0.2, 0.25) is 0 Å². The van der Waals surface area contributed by atoms with Crippen molar-refractivity contribution in [3.05, 3.63) is 29.8 Å². The van der Waals surface area contributed by atoms with Crippen molar-refractivity contribution >= 4 is 5.69 Å². The first-order valence-electron chi connectivity index (χ1n) is 7.96. The fourth-order valence-corrected chi connectivity index (χ4v) is 5.23. The van der Waals surface area contributed by atoms with E-state index in [4.69, 9.17) is 0 Å². The van der Waals surface area contributed by atoms with Crippen LogP contribution in [-0.4, -0.2) is 6.04 Å². The summed E-state index contributed by atoms with van der Waals surface area (Å²) in [4.78, 5) is 0. The first-order chi connectivity index (χ1) is 10.0. The highest BCUT2D eigenvalue weighted by Gasteiger charge is 2.53. The third-order valence-electron chi connectivity index (χ3n) is 5.97. The van der Waals surface area contributed by atoms with Gasteiger partial charge in [-0.2, -0.15) is 13.2 Å². The number of alkyl halides is 3. The van der Waals surface area contributed by atoms with Crippen LogP contribution in [0.3, 0.4) is 0 Å². The molecule has 4 heteroatoms. The van der Waals surface area contributed by atoms with Gasteiger partial charge in [0.1, 0.15) is 0 Å². The number of halogens is 3. The summed E-state index contributed by atoms with van der Waals surface area (Å²) in [5.41, 5.74) is 0.0614. The minimum absolute atomic E-state index is 0.373. The van der Waals surface area contributed by atoms with Gasteiger partial charge in [-0.25, -0.2) is 0 Å². The van der Waals surface area contributed by atoms with Gasteiger partial charge >= 0.3 is 6.18 Å². The number of hydrogen-bond donors (Lipinski definition) is 1. The summed E-state index contributed by atoms with van der Waals surface area (Å²) in [6, 6.07) is 6.01. The lowest BCUT2D eigenvalue weighted by atomic mass is 9.79. The second-order valence-corrected chi connectivity index (χ2v) is 6.98. The number of fused-ring (bicyclic) bond motifs is 5. The van der Waals surface area contributed by atoms with E-state index >= 15 is 0 Å². The molecule has 0 heterocycles. The second-order valence-electron chi connectivity index (χ2n) is 6.98. The van der Waals surface area contributed by atoms with Gasteiger partial charge in [0.15, 0.2) is 0 Å². The van der Waals surface area contributed by atoms with E-state index in [0.717, 1.165) is 30.2 Å². The largest absolute Gasteiger partial charge is 0.416 e. The van der Waals surface area contributed by atoms with Crippen molar-refractivity contribution in [1.82, 2.24) is 0 Å². The highest BCUT2D eigenvalue weighted by Crippen LogP contribution is 2.59. The van der Waals surface area contributed by atoms with Gasteiger partial charge < -0.3 is 5.32 Å². The number of hydrogen-bond acceptors (Lipinski definition) is 1. The third kappa shape index (κ3) is 2.23. The molecule has 114 valence electrons. The van der Waals surface area contributed by atoms with Crippen molar-refractivity contribution in [2.45, 2.75) is 44.3 Å². The Hall–Kier alpha value is -1.19. The zero-order valence-corrected chi connectivity index (χ0v) is 11.9. The maximum Gasteiger partial charge on any atom is 0.416 e. The summed E-state index contributed by atoms with van der Waals surface area (Å²) in [6.45, 7) is 0. The molecule has 4 rings (SSSR count). The van der Waals surface area contributed by atoms with Crippen LogP contribution in [0, 0.1) is 23.7 Å². The summed E-state index contributed by atoms with van der Waals surface area (Å²) in [7, 11) is 0. The van der Waals surface area contributed by atoms with E-state index < -0.39 is 11.7 Å². The first-order valence-corrected chi connectivity index (χ1v) is 7.96. The smallest absolute Gasteiger partial charge is 0.382 e. The van der Waals surface area contributed by atoms with E-state index in [0.29, 0.717) is 17.6 Å². The Morgan fingerprint density at radius 1 is 1.00 bits per heavy atom. The van der Waals surface area contributed by atoms with Crippen molar-refractivity contribution in [1.29, 1.82) is 0 Å². The fraction of sp³-hybridized carbons (Fsp3) is 0.647. The van der Waals surface area contributed by atoms with Crippen molar-refractivity contribution in [3.8, 4) is 0 Å². The van der Waals surface area contributed by atoms with E-state index in [1.165, 1.54) is 37.8 Å². The van der Waals surface area contributed by atoms with Crippen molar-refractivity contribution in [3.63, 3.8) is 0 Å². The van der Waals surface area contributed by atoms with Crippen LogP contribution in [0.15, 0.2) is 24.3 Å². The normalized spacial score (nSPS) is 37.8. The van der Waals surface area contributed by atoms with Crippen LogP contribution in [0.25, 0.3) is 0 Å². The minimum Gasteiger partial charge on any atom is -0.382 e. The lowest BCUT2D eigenvalue weighted by Gasteiger charge is -2.32. The van der Waals surface area contributed by atoms with Crippen LogP contribution in [0.2, 0.25) is 0 Å². The number of rotatable bonds is 2. The molecule has 0 saturated heterocycles. The van der Waals surface area contributed by atoms with Crippen molar-refractivity contribution in [2.75, 3.05) is 5.32 Å². The predicted molar refractivity (Wildman–Crippen MR) is 75.9 cm³/mol. The Labute approximate surface area is 122 Å². The molecule has 1 nitrogen and oxygen atoms in total. The molecule has 1 N–H and O–H groups in total. The summed E-state index contributed by atoms with van der Waals surface area (Å²) in [5.74, 6) is 3.23. The highest BCUT2D eigenvalue weighted by molar-refractivity contribution is 5.48. The van der Waals surface area contributed by atoms with Crippen LogP contribution in [0.1, 0.15) is 37.7 Å². The van der Waals surface area contributed by atoms with Crippen molar-refractivity contribution in [2.24, 2.45) is 23.7 Å². The molecular formula is C17H20F3N. The molecule has 3 aliphatic carbocycles. The van der Waals surface area contributed by atoms with E-state index in [9.17, 15) is 13.2 Å². The van der Waals surface area contributed by atoms with Crippen LogP contribution in [0.5, 0.6) is 0 Å². The first kappa shape index (κ1) is 13.5. The predicted octanol–water partition coefficient (Wildman–Crippen LogP) is 4.94. The fourth-order valence-electron chi connectivity index (χ4n) is 5.23. The molecule has 3 saturated carbocycles. The van der Waals surface area contributed by atoms with E-state index in [-0.39, 0.29) is 0 Å². The average Bonchev–Trinajstić information content (AvgIpc) is 3.09. The molecule has 0 radical (unpaired) electrons. The molecule has 1 aromatic rings. The molecule has 0 spiro atoms. The van der Waals surface area contributed by atoms with Gasteiger partial charge in [0.05, 0.1) is 5.56 Å². The van der Waals surface area contributed by atoms with E-state index in [1.807, 2.05) is 0 Å². The monoisotopic (exact) mass is 295 g/mol. The van der Waals surface area contributed by atoms with Crippen LogP contribution in [-0.2, 0) is 6.18 Å². The zero-order chi connectivity index (χ0) is 14.6. The summed E-state index contributed by atoms with van der Waals surface area (Å²) < 4.78 is 38.3. The Morgan fingerprint density at radius 3 is 2.62 bits per heavy atom. The summed E-state index contributed by atoms with van der Waals surface area (Å²) in [5, 5.41) is 3.40. The second kappa shape index (κ2) is 4.65. The highest BCUT2D eigenvalue weighted by atomic mass is 19.4. The molecule has 1 aromatic carbocycles. The van der Waals surface area contributed by atoms with Crippen LogP contribution in [0.4, 0.5) is 18.9 Å². The van der Waals surface area contributed by atoms with E-state index in [2.05, 4.69) is 5.32 Å². The Kier molecular flexibility index (Phi) is 2.98. The molecule has 21 heavy (non-hydrogen) atoms. The van der Waals surface area contributed by atoms with Gasteiger partial charge in [0.25, 0.3) is 0 Å². The van der Waals surface area contributed by atoms with Gasteiger partial charge in [-0.3, -0.25) is 0 Å². The minimum atomic E-state index is -4.26. The molecule has 5 atom stereocenters. The zero-order valence-electron chi connectivity index (χ0n) is 11.9. The number of benzene rings is 1. The molecule has 0 amide bonds. The molecule has 0 aromatic heterocycles. The standard InChI is InChI=1S/C17H20F3N/c18-17(19,20)11-3-1-4-12(9-11)21-16-8-10-7-15(16)14-6-2-5-13(10)14/h1,3-4,9-10,13-16,21H,2,5-8H2.